The molecule has 0 aliphatic rings. The van der Waals surface area contributed by atoms with Crippen LogP contribution in [0.4, 0.5) is 0 Å². The van der Waals surface area contributed by atoms with Crippen molar-refractivity contribution in [1.29, 1.82) is 0 Å². The topological polar surface area (TPSA) is 38.3 Å². The number of carbonyl (C=O) groups is 1. The summed E-state index contributed by atoms with van der Waals surface area (Å²) >= 11 is 1.29. The highest BCUT2D eigenvalue weighted by atomic mass is 32.2. The number of carbonyl (C=O) groups excluding carboxylic acids is 1. The van der Waals surface area contributed by atoms with E-state index < -0.39 is 0 Å². The number of amides is 1. The second kappa shape index (κ2) is 12.6. The van der Waals surface area contributed by atoms with Gasteiger partial charge in [0.05, 0.1) is 0 Å². The van der Waals surface area contributed by atoms with Crippen molar-refractivity contribution in [1.82, 2.24) is 4.72 Å². The van der Waals surface area contributed by atoms with Crippen molar-refractivity contribution >= 4 is 42.2 Å². The third-order valence-corrected chi connectivity index (χ3v) is 4.97. The monoisotopic (exact) mass is 419 g/mol. The summed E-state index contributed by atoms with van der Waals surface area (Å²) in [5.41, 5.74) is 4.43. The summed E-state index contributed by atoms with van der Waals surface area (Å²) in [5.74, 6) is 0.484. The molecule has 0 spiro atoms. The van der Waals surface area contributed by atoms with Crippen molar-refractivity contribution in [3.05, 3.63) is 83.0 Å². The van der Waals surface area contributed by atoms with Crippen LogP contribution in [0.2, 0.25) is 0 Å². The Morgan fingerprint density at radius 3 is 1.93 bits per heavy atom. The molecule has 0 aliphatic carbocycles. The highest BCUT2D eigenvalue weighted by molar-refractivity contribution is 7.98. The molecule has 0 fully saturated rings. The van der Waals surface area contributed by atoms with E-state index in [0.29, 0.717) is 5.75 Å². The van der Waals surface area contributed by atoms with Gasteiger partial charge in [0.15, 0.2) is 6.61 Å². The third kappa shape index (κ3) is 7.12. The molecule has 2 aromatic rings. The molecule has 2 rings (SSSR count). The molecular formula is C26H29NO2S. The van der Waals surface area contributed by atoms with Crippen molar-refractivity contribution in [2.45, 2.75) is 32.6 Å². The van der Waals surface area contributed by atoms with Gasteiger partial charge < -0.3 is 4.74 Å². The van der Waals surface area contributed by atoms with E-state index >= 15 is 0 Å². The van der Waals surface area contributed by atoms with Crippen molar-refractivity contribution in [3.8, 4) is 5.75 Å². The maximum atomic E-state index is 12.2. The summed E-state index contributed by atoms with van der Waals surface area (Å²) in [6.45, 7) is 7.92. The minimum absolute atomic E-state index is 0.0381. The molecule has 0 aromatic heterocycles. The molecule has 0 unspecified atom stereocenters. The molecule has 156 valence electrons. The van der Waals surface area contributed by atoms with Gasteiger partial charge >= 0.3 is 0 Å². The van der Waals surface area contributed by atoms with E-state index in [2.05, 4.69) is 29.0 Å². The molecule has 1 N–H and O–H groups in total. The zero-order valence-corrected chi connectivity index (χ0v) is 18.8. The first-order valence-electron chi connectivity index (χ1n) is 9.98. The summed E-state index contributed by atoms with van der Waals surface area (Å²) in [5, 5.41) is 0. The number of nitrogens with one attached hydrogen (secondary N) is 1. The zero-order chi connectivity index (χ0) is 21.8. The molecule has 30 heavy (non-hydrogen) atoms. The lowest BCUT2D eigenvalue weighted by Crippen LogP contribution is -2.23. The number of allylic oxidation sites excluding steroid dienone is 4. The molecule has 0 saturated carbocycles. The first-order chi connectivity index (χ1) is 14.6. The lowest BCUT2D eigenvalue weighted by Gasteiger charge is -2.10. The van der Waals surface area contributed by atoms with Gasteiger partial charge in [0.1, 0.15) is 5.75 Å². The number of hydrogen-bond acceptors (Lipinski definition) is 3. The highest BCUT2D eigenvalue weighted by Gasteiger charge is 2.07. The van der Waals surface area contributed by atoms with Crippen molar-refractivity contribution < 1.29 is 9.53 Å². The molecule has 0 bridgehead atoms. The molecule has 0 atom stereocenters. The molecule has 1 amide bonds. The van der Waals surface area contributed by atoms with Crippen LogP contribution in [-0.2, 0) is 4.79 Å². The van der Waals surface area contributed by atoms with Gasteiger partial charge in [0.25, 0.3) is 5.91 Å². The Balaban J connectivity index is 1.97. The van der Waals surface area contributed by atoms with E-state index in [4.69, 9.17) is 4.74 Å². The van der Waals surface area contributed by atoms with Crippen LogP contribution in [0, 0.1) is 0 Å². The summed E-state index contributed by atoms with van der Waals surface area (Å²) in [6.07, 6.45) is 16.2. The molecule has 0 heterocycles. The first kappa shape index (κ1) is 23.3. The second-order valence-electron chi connectivity index (χ2n) is 6.50. The van der Waals surface area contributed by atoms with Crippen LogP contribution in [0.1, 0.15) is 49.9 Å². The van der Waals surface area contributed by atoms with Gasteiger partial charge in [-0.25, -0.2) is 0 Å². The van der Waals surface area contributed by atoms with E-state index in [9.17, 15) is 4.79 Å². The predicted octanol–water partition coefficient (Wildman–Crippen LogP) is 7.02. The predicted molar refractivity (Wildman–Crippen MR) is 131 cm³/mol. The van der Waals surface area contributed by atoms with Crippen LogP contribution in [-0.4, -0.2) is 12.5 Å². The molecule has 0 radical (unpaired) electrons. The number of rotatable bonds is 9. The largest absolute Gasteiger partial charge is 0.484 e. The van der Waals surface area contributed by atoms with Crippen LogP contribution in [0.3, 0.4) is 0 Å². The summed E-state index contributed by atoms with van der Waals surface area (Å²) in [7, 11) is 0. The Bertz CT molecular complexity index is 893. The van der Waals surface area contributed by atoms with Crippen molar-refractivity contribution in [2.75, 3.05) is 6.61 Å². The second-order valence-corrected chi connectivity index (χ2v) is 7.38. The Morgan fingerprint density at radius 1 is 0.800 bits per heavy atom. The number of ether oxygens (including phenoxy) is 1. The van der Waals surface area contributed by atoms with Crippen molar-refractivity contribution in [3.63, 3.8) is 0 Å². The minimum atomic E-state index is -0.185. The van der Waals surface area contributed by atoms with Crippen LogP contribution in [0.5, 0.6) is 5.75 Å². The lowest BCUT2D eigenvalue weighted by molar-refractivity contribution is -0.121. The maximum absolute atomic E-state index is 12.2. The Hall–Kier alpha value is -2.98. The van der Waals surface area contributed by atoms with Crippen LogP contribution in [0.25, 0.3) is 24.3 Å². The smallest absolute Gasteiger partial charge is 0.267 e. The van der Waals surface area contributed by atoms with Crippen LogP contribution in [0.15, 0.2) is 65.6 Å². The molecule has 2 aromatic carbocycles. The highest BCUT2D eigenvalue weighted by Crippen LogP contribution is 2.23. The third-order valence-electron chi connectivity index (χ3n) is 4.15. The minimum Gasteiger partial charge on any atom is -0.484 e. The van der Waals surface area contributed by atoms with E-state index in [1.807, 2.05) is 88.4 Å². The van der Waals surface area contributed by atoms with Gasteiger partial charge in [-0.2, -0.15) is 0 Å². The normalized spacial score (nSPS) is 11.9. The Labute approximate surface area is 184 Å². The summed E-state index contributed by atoms with van der Waals surface area (Å²) < 4.78 is 8.53. The molecular weight excluding hydrogens is 390 g/mol. The number of hydrogen-bond donors (Lipinski definition) is 1. The molecule has 0 saturated heterocycles. The number of benzene rings is 2. The van der Waals surface area contributed by atoms with Gasteiger partial charge in [-0.3, -0.25) is 9.52 Å². The van der Waals surface area contributed by atoms with Crippen LogP contribution >= 0.6 is 11.9 Å². The fourth-order valence-electron chi connectivity index (χ4n) is 2.86. The zero-order valence-electron chi connectivity index (χ0n) is 18.0. The fourth-order valence-corrected chi connectivity index (χ4v) is 3.48. The Kier molecular flexibility index (Phi) is 9.75. The fraction of sp³-hybridized carbons (Fsp3) is 0.192. The standard InChI is InChI=1S/C26H29NO2S/c1-5-9-20-13-15-24(17-22(20)11-7-3)29-19-26(28)27-30-25-16-14-21(10-6-2)23(18-25)12-8-4/h5-18H,19H2,1-4H3,(H,27,28)/b9-5-,10-6-,11-7-,12-8-. The van der Waals surface area contributed by atoms with Gasteiger partial charge in [-0.05, 0) is 86.2 Å². The summed E-state index contributed by atoms with van der Waals surface area (Å²) in [4.78, 5) is 13.2. The average molecular weight is 420 g/mol. The van der Waals surface area contributed by atoms with E-state index in [-0.39, 0.29) is 12.5 Å². The van der Waals surface area contributed by atoms with Crippen LogP contribution < -0.4 is 9.46 Å². The van der Waals surface area contributed by atoms with Gasteiger partial charge in [-0.15, -0.1) is 0 Å². The summed E-state index contributed by atoms with van der Waals surface area (Å²) in [6, 6.07) is 11.9. The molecule has 0 aliphatic heterocycles. The molecule has 4 heteroatoms. The quantitative estimate of drug-likeness (QED) is 0.444. The van der Waals surface area contributed by atoms with Gasteiger partial charge in [-0.1, -0.05) is 60.7 Å². The van der Waals surface area contributed by atoms with Crippen molar-refractivity contribution in [2.24, 2.45) is 0 Å². The van der Waals surface area contributed by atoms with Gasteiger partial charge in [0.2, 0.25) is 0 Å². The van der Waals surface area contributed by atoms with E-state index in [1.54, 1.807) is 0 Å². The van der Waals surface area contributed by atoms with E-state index in [1.165, 1.54) is 11.9 Å². The average Bonchev–Trinajstić information content (AvgIpc) is 2.74. The maximum Gasteiger partial charge on any atom is 0.267 e. The lowest BCUT2D eigenvalue weighted by atomic mass is 10.1. The van der Waals surface area contributed by atoms with E-state index in [0.717, 1.165) is 27.1 Å². The Morgan fingerprint density at radius 2 is 1.33 bits per heavy atom. The SMILES string of the molecule is C/C=C\c1ccc(OCC(=O)NSc2ccc(/C=C\C)c(/C=C\C)c2)cc1/C=C\C. The van der Waals surface area contributed by atoms with Gasteiger partial charge in [0, 0.05) is 4.90 Å². The first-order valence-corrected chi connectivity index (χ1v) is 10.8. The molecule has 3 nitrogen and oxygen atoms in total.